The number of hydrogen-bond donors (Lipinski definition) is 2. The average molecular weight is 466 g/mol. The predicted octanol–water partition coefficient (Wildman–Crippen LogP) is 4.44. The molecule has 0 saturated carbocycles. The van der Waals surface area contributed by atoms with Gasteiger partial charge >= 0.3 is 0 Å². The summed E-state index contributed by atoms with van der Waals surface area (Å²) in [6.45, 7) is 2.84. The maximum Gasteiger partial charge on any atom is 0.286 e. The van der Waals surface area contributed by atoms with E-state index in [1.807, 2.05) is 40.0 Å². The molecule has 2 aliphatic heterocycles. The first-order chi connectivity index (χ1) is 16.1. The van der Waals surface area contributed by atoms with E-state index in [1.165, 1.54) is 18.6 Å². The topological polar surface area (TPSA) is 62.2 Å². The third-order valence-electron chi connectivity index (χ3n) is 6.02. The highest BCUT2D eigenvalue weighted by atomic mass is 35.5. The van der Waals surface area contributed by atoms with Crippen LogP contribution in [0, 0.1) is 5.82 Å². The van der Waals surface area contributed by atoms with Gasteiger partial charge in [0.2, 0.25) is 0 Å². The second kappa shape index (κ2) is 9.47. The molecule has 6 nitrogen and oxygen atoms in total. The molecule has 2 aromatic carbocycles. The van der Waals surface area contributed by atoms with Gasteiger partial charge in [0.05, 0.1) is 11.4 Å². The highest BCUT2D eigenvalue weighted by Gasteiger charge is 2.29. The van der Waals surface area contributed by atoms with Crippen molar-refractivity contribution in [2.45, 2.75) is 25.8 Å². The standard InChI is InChI=1S/C25H25ClFN5O/c26-19-6-10-21(11-7-19)32-24-18(14-17-4-8-20(27)9-5-17)15-28-16-22(24)23(29-32)25(33)30-31-12-2-1-3-13-31/h4-11,14,28H,1-3,12-13,15-16H2,(H,30,33)/b18-14+. The lowest BCUT2D eigenvalue weighted by Gasteiger charge is -2.26. The van der Waals surface area contributed by atoms with Crippen LogP contribution in [0.5, 0.6) is 0 Å². The SMILES string of the molecule is O=C(NN1CCCCC1)c1nn(-c2ccc(Cl)cc2)c2c1CNC/C2=C\c1ccc(F)cc1. The molecular weight excluding hydrogens is 441 g/mol. The van der Waals surface area contributed by atoms with E-state index in [-0.39, 0.29) is 11.7 Å². The van der Waals surface area contributed by atoms with Gasteiger partial charge in [0.1, 0.15) is 5.82 Å². The van der Waals surface area contributed by atoms with Gasteiger partial charge in [-0.05, 0) is 66.5 Å². The number of amides is 1. The number of benzene rings is 2. The van der Waals surface area contributed by atoms with Crippen LogP contribution in [-0.4, -0.2) is 40.3 Å². The zero-order chi connectivity index (χ0) is 22.8. The number of nitrogens with one attached hydrogen (secondary N) is 2. The molecule has 33 heavy (non-hydrogen) atoms. The highest BCUT2D eigenvalue weighted by molar-refractivity contribution is 6.30. The van der Waals surface area contributed by atoms with Crippen molar-refractivity contribution >= 4 is 29.2 Å². The van der Waals surface area contributed by atoms with E-state index < -0.39 is 0 Å². The van der Waals surface area contributed by atoms with E-state index in [9.17, 15) is 9.18 Å². The number of fused-ring (bicyclic) bond motifs is 1. The molecule has 0 aliphatic carbocycles. The maximum atomic E-state index is 13.4. The molecule has 1 aromatic heterocycles. The van der Waals surface area contributed by atoms with E-state index >= 15 is 0 Å². The van der Waals surface area contributed by atoms with Crippen molar-refractivity contribution in [2.24, 2.45) is 0 Å². The summed E-state index contributed by atoms with van der Waals surface area (Å²) in [5, 5.41) is 10.8. The fourth-order valence-electron chi connectivity index (χ4n) is 4.39. The van der Waals surface area contributed by atoms with Crippen LogP contribution in [0.1, 0.15) is 46.6 Å². The Morgan fingerprint density at radius 1 is 1.03 bits per heavy atom. The van der Waals surface area contributed by atoms with Crippen LogP contribution < -0.4 is 10.7 Å². The summed E-state index contributed by atoms with van der Waals surface area (Å²) in [5.41, 5.74) is 7.84. The number of piperidine rings is 1. The lowest BCUT2D eigenvalue weighted by Crippen LogP contribution is -2.45. The van der Waals surface area contributed by atoms with Gasteiger partial charge in [-0.15, -0.1) is 0 Å². The van der Waals surface area contributed by atoms with Crippen LogP contribution in [0.2, 0.25) is 5.02 Å². The number of nitrogens with zero attached hydrogens (tertiary/aromatic N) is 3. The van der Waals surface area contributed by atoms with Crippen molar-refractivity contribution in [3.05, 3.63) is 81.9 Å². The summed E-state index contributed by atoms with van der Waals surface area (Å²) >= 11 is 6.10. The molecule has 170 valence electrons. The number of halogens is 2. The summed E-state index contributed by atoms with van der Waals surface area (Å²) in [5.74, 6) is -0.479. The second-order valence-corrected chi connectivity index (χ2v) is 8.81. The zero-order valence-electron chi connectivity index (χ0n) is 18.2. The fraction of sp³-hybridized carbons (Fsp3) is 0.280. The molecule has 0 spiro atoms. The van der Waals surface area contributed by atoms with Crippen molar-refractivity contribution in [3.63, 3.8) is 0 Å². The summed E-state index contributed by atoms with van der Waals surface area (Å²) in [6, 6.07) is 13.8. The van der Waals surface area contributed by atoms with Crippen LogP contribution in [0.25, 0.3) is 17.3 Å². The number of hydrazine groups is 1. The minimum atomic E-state index is -0.275. The maximum absolute atomic E-state index is 13.4. The molecule has 3 aromatic rings. The highest BCUT2D eigenvalue weighted by Crippen LogP contribution is 2.31. The third-order valence-corrected chi connectivity index (χ3v) is 6.27. The van der Waals surface area contributed by atoms with Crippen molar-refractivity contribution in [2.75, 3.05) is 19.6 Å². The minimum absolute atomic E-state index is 0.203. The Balaban J connectivity index is 1.58. The average Bonchev–Trinajstić information content (AvgIpc) is 3.23. The molecule has 1 saturated heterocycles. The minimum Gasteiger partial charge on any atom is -0.308 e. The second-order valence-electron chi connectivity index (χ2n) is 8.38. The van der Waals surface area contributed by atoms with Gasteiger partial charge in [-0.1, -0.05) is 30.2 Å². The number of hydrogen-bond acceptors (Lipinski definition) is 4. The molecule has 0 atom stereocenters. The van der Waals surface area contributed by atoms with Gasteiger partial charge < -0.3 is 5.32 Å². The first-order valence-corrected chi connectivity index (χ1v) is 11.6. The van der Waals surface area contributed by atoms with Crippen LogP contribution >= 0.6 is 11.6 Å². The molecule has 0 radical (unpaired) electrons. The van der Waals surface area contributed by atoms with Gasteiger partial charge in [0.15, 0.2) is 5.69 Å². The van der Waals surface area contributed by atoms with Crippen molar-refractivity contribution in [3.8, 4) is 5.69 Å². The van der Waals surface area contributed by atoms with E-state index in [1.54, 1.807) is 12.1 Å². The van der Waals surface area contributed by atoms with Crippen LogP contribution in [0.3, 0.4) is 0 Å². The number of carbonyl (C=O) groups excluding carboxylic acids is 1. The molecule has 2 aliphatic rings. The van der Waals surface area contributed by atoms with E-state index in [2.05, 4.69) is 10.7 Å². The number of rotatable bonds is 4. The Kier molecular flexibility index (Phi) is 6.26. The van der Waals surface area contributed by atoms with Crippen molar-refractivity contribution in [1.29, 1.82) is 0 Å². The van der Waals surface area contributed by atoms with Crippen LogP contribution in [-0.2, 0) is 6.54 Å². The van der Waals surface area contributed by atoms with Crippen LogP contribution in [0.4, 0.5) is 4.39 Å². The van der Waals surface area contributed by atoms with Crippen molar-refractivity contribution in [1.82, 2.24) is 25.5 Å². The van der Waals surface area contributed by atoms with Gasteiger partial charge in [-0.2, -0.15) is 5.10 Å². The molecule has 1 amide bonds. The van der Waals surface area contributed by atoms with E-state index in [0.717, 1.165) is 54.0 Å². The predicted molar refractivity (Wildman–Crippen MR) is 127 cm³/mol. The Hall–Kier alpha value is -3.00. The van der Waals surface area contributed by atoms with E-state index in [4.69, 9.17) is 16.7 Å². The quantitative estimate of drug-likeness (QED) is 0.598. The summed E-state index contributed by atoms with van der Waals surface area (Å²) < 4.78 is 15.2. The lowest BCUT2D eigenvalue weighted by atomic mass is 9.99. The molecule has 8 heteroatoms. The Bertz CT molecular complexity index is 1180. The first kappa shape index (κ1) is 21.8. The normalized spacial score (nSPS) is 17.7. The fourth-order valence-corrected chi connectivity index (χ4v) is 4.51. The first-order valence-electron chi connectivity index (χ1n) is 11.2. The Labute approximate surface area is 197 Å². The van der Waals surface area contributed by atoms with Gasteiger partial charge in [0.25, 0.3) is 5.91 Å². The zero-order valence-corrected chi connectivity index (χ0v) is 18.9. The van der Waals surface area contributed by atoms with Crippen LogP contribution in [0.15, 0.2) is 48.5 Å². The molecule has 0 unspecified atom stereocenters. The van der Waals surface area contributed by atoms with Crippen molar-refractivity contribution < 1.29 is 9.18 Å². The monoisotopic (exact) mass is 465 g/mol. The summed E-state index contributed by atoms with van der Waals surface area (Å²) in [7, 11) is 0. The number of aromatic nitrogens is 2. The van der Waals surface area contributed by atoms with Gasteiger partial charge in [0, 0.05) is 36.8 Å². The molecule has 5 rings (SSSR count). The molecule has 0 bridgehead atoms. The Morgan fingerprint density at radius 2 is 1.76 bits per heavy atom. The largest absolute Gasteiger partial charge is 0.308 e. The molecule has 2 N–H and O–H groups in total. The van der Waals surface area contributed by atoms with Gasteiger partial charge in [-0.25, -0.2) is 14.1 Å². The third kappa shape index (κ3) is 4.71. The van der Waals surface area contributed by atoms with E-state index in [0.29, 0.717) is 23.8 Å². The number of carbonyl (C=O) groups is 1. The molecular formula is C25H25ClFN5O. The smallest absolute Gasteiger partial charge is 0.286 e. The van der Waals surface area contributed by atoms with Gasteiger partial charge in [-0.3, -0.25) is 10.2 Å². The summed E-state index contributed by atoms with van der Waals surface area (Å²) in [4.78, 5) is 13.2. The molecule has 3 heterocycles. The molecule has 1 fully saturated rings. The Morgan fingerprint density at radius 3 is 2.48 bits per heavy atom. The lowest BCUT2D eigenvalue weighted by molar-refractivity contribution is 0.0743. The summed E-state index contributed by atoms with van der Waals surface area (Å²) in [6.07, 6.45) is 5.34.